The molecule has 0 radical (unpaired) electrons. The zero-order chi connectivity index (χ0) is 29.6. The summed E-state index contributed by atoms with van der Waals surface area (Å²) in [6.45, 7) is -0.323. The Hall–Kier alpha value is -3.42. The molecule has 3 amide bonds. The summed E-state index contributed by atoms with van der Waals surface area (Å²) >= 11 is 1.38. The number of carbonyl (C=O) groups excluding carboxylic acids is 4. The molecular formula is C28H34N4O7S2. The summed E-state index contributed by atoms with van der Waals surface area (Å²) in [6.07, 6.45) is 0.755. The number of ether oxygens (including phenoxy) is 1. The zero-order valence-corrected chi connectivity index (χ0v) is 24.6. The number of nitrogens with one attached hydrogen (secondary N) is 2. The van der Waals surface area contributed by atoms with Crippen molar-refractivity contribution in [3.63, 3.8) is 0 Å². The highest BCUT2D eigenvalue weighted by molar-refractivity contribution is 7.98. The first-order chi connectivity index (χ1) is 19.6. The Morgan fingerprint density at radius 3 is 2.54 bits per heavy atom. The van der Waals surface area contributed by atoms with Crippen molar-refractivity contribution in [3.8, 4) is 0 Å². The third kappa shape index (κ3) is 7.66. The minimum Gasteiger partial charge on any atom is -0.459 e. The van der Waals surface area contributed by atoms with E-state index in [2.05, 4.69) is 10.6 Å². The van der Waals surface area contributed by atoms with E-state index in [9.17, 15) is 27.6 Å². The molecule has 1 fully saturated rings. The van der Waals surface area contributed by atoms with Gasteiger partial charge >= 0.3 is 5.97 Å². The van der Waals surface area contributed by atoms with Crippen LogP contribution in [-0.2, 0) is 40.6 Å². The topological polar surface area (TPSA) is 142 Å². The van der Waals surface area contributed by atoms with Crippen molar-refractivity contribution in [3.05, 3.63) is 71.3 Å². The number of likely N-dealkylation sites (N-methyl/N-ethyl adjacent to an activating group) is 1. The lowest BCUT2D eigenvalue weighted by molar-refractivity contribution is -0.136. The summed E-state index contributed by atoms with van der Waals surface area (Å²) in [6, 6.07) is 12.3. The Labute approximate surface area is 244 Å². The van der Waals surface area contributed by atoms with E-state index >= 15 is 0 Å². The summed E-state index contributed by atoms with van der Waals surface area (Å²) in [5.74, 6) is -1.96. The summed E-state index contributed by atoms with van der Waals surface area (Å²) in [4.78, 5) is 53.9. The van der Waals surface area contributed by atoms with Gasteiger partial charge in [-0.05, 0) is 30.0 Å². The molecule has 11 nitrogen and oxygen atoms in total. The molecule has 220 valence electrons. The quantitative estimate of drug-likeness (QED) is 0.469. The lowest BCUT2D eigenvalue weighted by atomic mass is 10.1. The van der Waals surface area contributed by atoms with Crippen LogP contribution in [0.5, 0.6) is 0 Å². The molecule has 41 heavy (non-hydrogen) atoms. The molecule has 2 aromatic carbocycles. The Balaban J connectivity index is 1.55. The van der Waals surface area contributed by atoms with Gasteiger partial charge in [-0.15, -0.1) is 0 Å². The van der Waals surface area contributed by atoms with Crippen molar-refractivity contribution in [2.45, 2.75) is 42.5 Å². The van der Waals surface area contributed by atoms with E-state index < -0.39 is 52.5 Å². The van der Waals surface area contributed by atoms with E-state index in [4.69, 9.17) is 4.74 Å². The number of benzene rings is 2. The van der Waals surface area contributed by atoms with Crippen LogP contribution < -0.4 is 10.6 Å². The first kappa shape index (κ1) is 30.5. The Morgan fingerprint density at radius 2 is 1.80 bits per heavy atom. The van der Waals surface area contributed by atoms with Crippen molar-refractivity contribution < 1.29 is 32.3 Å². The van der Waals surface area contributed by atoms with Crippen LogP contribution in [0.25, 0.3) is 0 Å². The predicted octanol–water partition coefficient (Wildman–Crippen LogP) is 1.14. The van der Waals surface area contributed by atoms with E-state index in [-0.39, 0.29) is 30.4 Å². The number of esters is 1. The molecule has 0 bridgehead atoms. The molecule has 13 heteroatoms. The maximum atomic E-state index is 13.4. The molecule has 2 aliphatic rings. The van der Waals surface area contributed by atoms with Gasteiger partial charge in [-0.25, -0.2) is 13.2 Å². The zero-order valence-electron chi connectivity index (χ0n) is 22.9. The molecule has 4 rings (SSSR count). The predicted molar refractivity (Wildman–Crippen MR) is 154 cm³/mol. The largest absolute Gasteiger partial charge is 0.459 e. The second kappa shape index (κ2) is 13.5. The van der Waals surface area contributed by atoms with Crippen LogP contribution in [0, 0.1) is 0 Å². The van der Waals surface area contributed by atoms with Crippen LogP contribution in [0.3, 0.4) is 0 Å². The minimum atomic E-state index is -3.83. The third-order valence-electron chi connectivity index (χ3n) is 6.90. The third-order valence-corrected chi connectivity index (χ3v) is 9.84. The fraction of sp³-hybridized carbons (Fsp3) is 0.429. The van der Waals surface area contributed by atoms with Gasteiger partial charge in [0.25, 0.3) is 0 Å². The molecule has 0 saturated carbocycles. The van der Waals surface area contributed by atoms with Gasteiger partial charge in [0.1, 0.15) is 24.7 Å². The fourth-order valence-corrected chi connectivity index (χ4v) is 7.61. The highest BCUT2D eigenvalue weighted by atomic mass is 32.2. The minimum absolute atomic E-state index is 0.173. The molecule has 0 aliphatic carbocycles. The fourth-order valence-electron chi connectivity index (χ4n) is 4.78. The van der Waals surface area contributed by atoms with Crippen LogP contribution in [0.4, 0.5) is 0 Å². The number of fused-ring (bicyclic) bond motifs is 1. The monoisotopic (exact) mass is 602 g/mol. The van der Waals surface area contributed by atoms with Gasteiger partial charge in [-0.2, -0.15) is 16.1 Å². The van der Waals surface area contributed by atoms with Gasteiger partial charge in [0, 0.05) is 32.1 Å². The van der Waals surface area contributed by atoms with Crippen LogP contribution in [0.1, 0.15) is 34.3 Å². The summed E-state index contributed by atoms with van der Waals surface area (Å²) in [5.41, 5.74) is 1.64. The molecule has 2 N–H and O–H groups in total. The Morgan fingerprint density at radius 1 is 1.10 bits per heavy atom. The molecule has 2 aliphatic heterocycles. The van der Waals surface area contributed by atoms with E-state index in [1.54, 1.807) is 68.7 Å². The SMILES string of the molecule is CN(C)C(=O)[C@H]1CSCc2ccccc2C(=O)OC[C@@H](NC(=O)[C@@H]2CCCN2S(=O)(=O)Cc2ccccc2)C(=O)N1. The molecule has 2 heterocycles. The van der Waals surface area contributed by atoms with Crippen LogP contribution in [0.2, 0.25) is 0 Å². The first-order valence-corrected chi connectivity index (χ1v) is 16.0. The number of cyclic esters (lactones) is 1. The molecular weight excluding hydrogens is 568 g/mol. The molecule has 3 atom stereocenters. The number of hydrogen-bond acceptors (Lipinski definition) is 8. The number of sulfonamides is 1. The number of nitrogens with zero attached hydrogens (tertiary/aromatic N) is 2. The van der Waals surface area contributed by atoms with Crippen molar-refractivity contribution in [2.75, 3.05) is 33.0 Å². The Bertz CT molecular complexity index is 1380. The number of thioether (sulfide) groups is 1. The summed E-state index contributed by atoms with van der Waals surface area (Å²) in [7, 11) is -0.673. The highest BCUT2D eigenvalue weighted by Gasteiger charge is 2.40. The van der Waals surface area contributed by atoms with Gasteiger partial charge < -0.3 is 20.3 Å². The molecule has 0 unspecified atom stereocenters. The average molecular weight is 603 g/mol. The first-order valence-electron chi connectivity index (χ1n) is 13.2. The average Bonchev–Trinajstić information content (AvgIpc) is 3.45. The maximum absolute atomic E-state index is 13.4. The van der Waals surface area contributed by atoms with Gasteiger partial charge in [0.05, 0.1) is 11.3 Å². The summed E-state index contributed by atoms with van der Waals surface area (Å²) in [5, 5.41) is 5.28. The second-order valence-corrected chi connectivity index (χ2v) is 13.1. The lowest BCUT2D eigenvalue weighted by Crippen LogP contribution is -2.58. The normalized spacial score (nSPS) is 22.3. The van der Waals surface area contributed by atoms with Crippen molar-refractivity contribution in [1.82, 2.24) is 19.8 Å². The Kier molecular flexibility index (Phi) is 10.1. The number of carbonyl (C=O) groups is 4. The van der Waals surface area contributed by atoms with Crippen LogP contribution >= 0.6 is 11.8 Å². The van der Waals surface area contributed by atoms with Gasteiger partial charge in [0.15, 0.2) is 0 Å². The van der Waals surface area contributed by atoms with Crippen molar-refractivity contribution in [2.24, 2.45) is 0 Å². The van der Waals surface area contributed by atoms with E-state index in [1.807, 2.05) is 0 Å². The molecule has 0 spiro atoms. The standard InChI is InChI=1S/C28H34N4O7S2/c1-31(2)27(35)23-17-40-16-20-11-6-7-12-21(20)28(36)39-15-22(25(33)30-23)29-26(34)24-13-8-14-32(24)41(37,38)18-19-9-4-3-5-10-19/h3-7,9-12,22-24H,8,13-18H2,1-2H3,(H,29,34)(H,30,33)/t22-,23-,24+/m1/s1. The van der Waals surface area contributed by atoms with Crippen LogP contribution in [0.15, 0.2) is 54.6 Å². The van der Waals surface area contributed by atoms with Crippen molar-refractivity contribution >= 4 is 45.5 Å². The second-order valence-electron chi connectivity index (χ2n) is 10.1. The number of hydrogen-bond donors (Lipinski definition) is 2. The summed E-state index contributed by atoms with van der Waals surface area (Å²) < 4.78 is 33.1. The van der Waals surface area contributed by atoms with Crippen LogP contribution in [-0.4, -0.2) is 92.4 Å². The maximum Gasteiger partial charge on any atom is 0.338 e. The smallest absolute Gasteiger partial charge is 0.338 e. The van der Waals surface area contributed by atoms with E-state index in [1.165, 1.54) is 21.0 Å². The van der Waals surface area contributed by atoms with Gasteiger partial charge in [-0.3, -0.25) is 14.4 Å². The molecule has 1 saturated heterocycles. The lowest BCUT2D eigenvalue weighted by Gasteiger charge is -2.28. The van der Waals surface area contributed by atoms with E-state index in [0.29, 0.717) is 23.3 Å². The number of rotatable bonds is 6. The highest BCUT2D eigenvalue weighted by Crippen LogP contribution is 2.24. The molecule has 0 aromatic heterocycles. The van der Waals surface area contributed by atoms with E-state index in [0.717, 1.165) is 5.56 Å². The number of amides is 3. The molecule has 2 aromatic rings. The van der Waals surface area contributed by atoms with Crippen molar-refractivity contribution in [1.29, 1.82) is 0 Å². The van der Waals surface area contributed by atoms with Gasteiger partial charge in [-0.1, -0.05) is 48.5 Å². The van der Waals surface area contributed by atoms with Gasteiger partial charge in [0.2, 0.25) is 27.7 Å².